The fraction of sp³-hybridized carbons (Fsp3) is 0.200. The molecule has 0 amide bonds. The average Bonchev–Trinajstić information content (AvgIpc) is 2.93. The van der Waals surface area contributed by atoms with Crippen LogP contribution < -0.4 is 0 Å². The van der Waals surface area contributed by atoms with Crippen LogP contribution in [0.2, 0.25) is 5.02 Å². The zero-order chi connectivity index (χ0) is 14.7. The molecule has 108 valence electrons. The Morgan fingerprint density at radius 3 is 2.81 bits per heavy atom. The number of thioether (sulfide) groups is 1. The topological polar surface area (TPSA) is 35.0 Å². The number of rotatable bonds is 5. The number of thiophene rings is 1. The Morgan fingerprint density at radius 1 is 1.24 bits per heavy atom. The molecule has 0 aliphatic heterocycles. The van der Waals surface area contributed by atoms with Crippen LogP contribution in [0.4, 0.5) is 0 Å². The predicted molar refractivity (Wildman–Crippen MR) is 90.5 cm³/mol. The molecule has 0 aliphatic carbocycles. The highest BCUT2D eigenvalue weighted by molar-refractivity contribution is 7.99. The molecule has 3 rings (SSSR count). The SMILES string of the molecule is COCCSc1ncnc2scc(-c3ccc(Cl)cc3)c12. The highest BCUT2D eigenvalue weighted by Gasteiger charge is 2.13. The highest BCUT2D eigenvalue weighted by atomic mass is 35.5. The Bertz CT molecular complexity index is 743. The molecule has 0 unspecified atom stereocenters. The van der Waals surface area contributed by atoms with Crippen LogP contribution in [0.15, 0.2) is 41.0 Å². The van der Waals surface area contributed by atoms with Gasteiger partial charge in [-0.05, 0) is 17.7 Å². The second kappa shape index (κ2) is 6.75. The van der Waals surface area contributed by atoms with E-state index in [4.69, 9.17) is 16.3 Å². The lowest BCUT2D eigenvalue weighted by atomic mass is 10.1. The first-order valence-electron chi connectivity index (χ1n) is 6.39. The van der Waals surface area contributed by atoms with E-state index in [0.717, 1.165) is 37.1 Å². The molecule has 0 atom stereocenters. The van der Waals surface area contributed by atoms with E-state index in [1.807, 2.05) is 24.3 Å². The van der Waals surface area contributed by atoms with Gasteiger partial charge in [-0.2, -0.15) is 0 Å². The van der Waals surface area contributed by atoms with Gasteiger partial charge in [0, 0.05) is 28.8 Å². The fourth-order valence-corrected chi connectivity index (χ4v) is 4.04. The normalized spacial score (nSPS) is 11.1. The summed E-state index contributed by atoms with van der Waals surface area (Å²) in [6.45, 7) is 0.705. The second-order valence-corrected chi connectivity index (χ2v) is 6.73. The van der Waals surface area contributed by atoms with Gasteiger partial charge in [0.15, 0.2) is 0 Å². The summed E-state index contributed by atoms with van der Waals surface area (Å²) in [5, 5.41) is 4.99. The van der Waals surface area contributed by atoms with E-state index in [0.29, 0.717) is 6.61 Å². The number of aromatic nitrogens is 2. The maximum Gasteiger partial charge on any atom is 0.128 e. The first kappa shape index (κ1) is 14.8. The van der Waals surface area contributed by atoms with Crippen molar-refractivity contribution in [2.24, 2.45) is 0 Å². The van der Waals surface area contributed by atoms with Crippen molar-refractivity contribution in [3.05, 3.63) is 41.0 Å². The van der Waals surface area contributed by atoms with Gasteiger partial charge in [0.1, 0.15) is 16.2 Å². The van der Waals surface area contributed by atoms with E-state index >= 15 is 0 Å². The summed E-state index contributed by atoms with van der Waals surface area (Å²) in [6, 6.07) is 7.87. The van der Waals surface area contributed by atoms with Crippen molar-refractivity contribution in [1.82, 2.24) is 9.97 Å². The summed E-state index contributed by atoms with van der Waals surface area (Å²) in [7, 11) is 1.71. The van der Waals surface area contributed by atoms with E-state index in [9.17, 15) is 0 Å². The molecule has 0 saturated carbocycles. The van der Waals surface area contributed by atoms with Crippen molar-refractivity contribution < 1.29 is 4.74 Å². The van der Waals surface area contributed by atoms with E-state index in [1.54, 1.807) is 36.5 Å². The molecule has 2 aromatic heterocycles. The van der Waals surface area contributed by atoms with Gasteiger partial charge in [-0.3, -0.25) is 0 Å². The third-order valence-corrected chi connectivity index (χ3v) is 5.11. The number of halogens is 1. The molecular weight excluding hydrogens is 324 g/mol. The molecule has 0 aliphatic rings. The van der Waals surface area contributed by atoms with Crippen molar-refractivity contribution in [3.63, 3.8) is 0 Å². The molecule has 0 spiro atoms. The van der Waals surface area contributed by atoms with Crippen LogP contribution >= 0.6 is 34.7 Å². The zero-order valence-corrected chi connectivity index (χ0v) is 13.8. The van der Waals surface area contributed by atoms with Gasteiger partial charge < -0.3 is 4.74 Å². The maximum atomic E-state index is 5.97. The van der Waals surface area contributed by atoms with E-state index in [1.165, 1.54) is 0 Å². The Kier molecular flexibility index (Phi) is 4.75. The minimum absolute atomic E-state index is 0.705. The molecule has 3 aromatic rings. The van der Waals surface area contributed by atoms with Crippen LogP contribution in [-0.4, -0.2) is 29.4 Å². The third kappa shape index (κ3) is 3.21. The van der Waals surface area contributed by atoms with Crippen molar-refractivity contribution in [1.29, 1.82) is 0 Å². The van der Waals surface area contributed by atoms with Crippen LogP contribution in [0.1, 0.15) is 0 Å². The molecular formula is C15H13ClN2OS2. The highest BCUT2D eigenvalue weighted by Crippen LogP contribution is 2.37. The molecule has 0 fully saturated rings. The smallest absolute Gasteiger partial charge is 0.128 e. The van der Waals surface area contributed by atoms with Gasteiger partial charge in [-0.15, -0.1) is 23.1 Å². The summed E-state index contributed by atoms with van der Waals surface area (Å²) >= 11 is 9.30. The maximum absolute atomic E-state index is 5.97. The second-order valence-electron chi connectivity index (χ2n) is 4.36. The number of fused-ring (bicyclic) bond motifs is 1. The molecule has 6 heteroatoms. The summed E-state index contributed by atoms with van der Waals surface area (Å²) < 4.78 is 5.11. The number of benzene rings is 1. The van der Waals surface area contributed by atoms with Gasteiger partial charge in [0.2, 0.25) is 0 Å². The van der Waals surface area contributed by atoms with Crippen molar-refractivity contribution in [2.75, 3.05) is 19.5 Å². The van der Waals surface area contributed by atoms with Crippen LogP contribution in [0.3, 0.4) is 0 Å². The summed E-state index contributed by atoms with van der Waals surface area (Å²) in [5.74, 6) is 0.874. The summed E-state index contributed by atoms with van der Waals surface area (Å²) in [4.78, 5) is 9.81. The first-order valence-corrected chi connectivity index (χ1v) is 8.64. The standard InChI is InChI=1S/C15H13ClN2OS2/c1-19-6-7-20-14-13-12(8-21-15(13)18-9-17-14)10-2-4-11(16)5-3-10/h2-5,8-9H,6-7H2,1H3. The number of hydrogen-bond donors (Lipinski definition) is 0. The molecule has 0 N–H and O–H groups in total. The minimum Gasteiger partial charge on any atom is -0.384 e. The molecule has 0 radical (unpaired) electrons. The zero-order valence-electron chi connectivity index (χ0n) is 11.4. The van der Waals surface area contributed by atoms with Gasteiger partial charge in [0.05, 0.1) is 12.0 Å². The average molecular weight is 337 g/mol. The van der Waals surface area contributed by atoms with E-state index in [-0.39, 0.29) is 0 Å². The Balaban J connectivity index is 2.04. The molecule has 0 bridgehead atoms. The Morgan fingerprint density at radius 2 is 2.05 bits per heavy atom. The quantitative estimate of drug-likeness (QED) is 0.382. The monoisotopic (exact) mass is 336 g/mol. The minimum atomic E-state index is 0.705. The predicted octanol–water partition coefficient (Wildman–Crippen LogP) is 4.75. The lowest BCUT2D eigenvalue weighted by Gasteiger charge is -2.05. The summed E-state index contributed by atoms with van der Waals surface area (Å²) in [5.41, 5.74) is 2.29. The van der Waals surface area contributed by atoms with Gasteiger partial charge in [-0.25, -0.2) is 9.97 Å². The van der Waals surface area contributed by atoms with Crippen LogP contribution in [0, 0.1) is 0 Å². The lowest BCUT2D eigenvalue weighted by Crippen LogP contribution is -1.93. The van der Waals surface area contributed by atoms with Gasteiger partial charge in [0.25, 0.3) is 0 Å². The number of ether oxygens (including phenoxy) is 1. The van der Waals surface area contributed by atoms with Crippen LogP contribution in [-0.2, 0) is 4.74 Å². The Labute approximate surface area is 136 Å². The lowest BCUT2D eigenvalue weighted by molar-refractivity contribution is 0.218. The fourth-order valence-electron chi connectivity index (χ4n) is 2.02. The van der Waals surface area contributed by atoms with Crippen molar-refractivity contribution in [2.45, 2.75) is 5.03 Å². The first-order chi connectivity index (χ1) is 10.3. The van der Waals surface area contributed by atoms with E-state index < -0.39 is 0 Å². The number of hydrogen-bond acceptors (Lipinski definition) is 5. The van der Waals surface area contributed by atoms with Crippen LogP contribution in [0.5, 0.6) is 0 Å². The van der Waals surface area contributed by atoms with E-state index in [2.05, 4.69) is 15.3 Å². The Hall–Kier alpha value is -1.14. The largest absolute Gasteiger partial charge is 0.384 e. The molecule has 1 aromatic carbocycles. The molecule has 2 heterocycles. The molecule has 21 heavy (non-hydrogen) atoms. The summed E-state index contributed by atoms with van der Waals surface area (Å²) in [6.07, 6.45) is 1.62. The van der Waals surface area contributed by atoms with Gasteiger partial charge >= 0.3 is 0 Å². The molecule has 3 nitrogen and oxygen atoms in total. The van der Waals surface area contributed by atoms with Crippen molar-refractivity contribution >= 4 is 44.9 Å². The van der Waals surface area contributed by atoms with Crippen LogP contribution in [0.25, 0.3) is 21.3 Å². The number of nitrogens with zero attached hydrogens (tertiary/aromatic N) is 2. The number of methoxy groups -OCH3 is 1. The van der Waals surface area contributed by atoms with Gasteiger partial charge in [-0.1, -0.05) is 23.7 Å². The van der Waals surface area contributed by atoms with Crippen molar-refractivity contribution in [3.8, 4) is 11.1 Å². The third-order valence-electron chi connectivity index (χ3n) is 3.02. The molecule has 0 saturated heterocycles.